The van der Waals surface area contributed by atoms with Crippen LogP contribution < -0.4 is 5.32 Å². The fourth-order valence-corrected chi connectivity index (χ4v) is 3.88. The van der Waals surface area contributed by atoms with Gasteiger partial charge in [-0.1, -0.05) is 32.9 Å². The molecule has 3 unspecified atom stereocenters. The van der Waals surface area contributed by atoms with Crippen molar-refractivity contribution in [2.45, 2.75) is 84.4 Å². The highest BCUT2D eigenvalue weighted by atomic mass is 16.5. The molecule has 0 bridgehead atoms. The minimum absolute atomic E-state index is 0.187. The van der Waals surface area contributed by atoms with Crippen molar-refractivity contribution in [1.82, 2.24) is 15.5 Å². The number of hydrogen-bond donors (Lipinski definition) is 2. The Morgan fingerprint density at radius 3 is 2.58 bits per heavy atom. The molecule has 1 heterocycles. The molecule has 0 spiro atoms. The molecule has 3 atom stereocenters. The van der Waals surface area contributed by atoms with Crippen LogP contribution in [0.25, 0.3) is 0 Å². The molecule has 0 radical (unpaired) electrons. The second-order valence-electron chi connectivity index (χ2n) is 9.29. The number of allylic oxidation sites excluding steroid dienone is 4. The summed E-state index contributed by atoms with van der Waals surface area (Å²) in [4.78, 5) is 24.7. The number of aromatic nitrogens is 2. The van der Waals surface area contributed by atoms with Crippen molar-refractivity contribution in [2.75, 3.05) is 7.11 Å². The smallest absolute Gasteiger partial charge is 0.332 e. The van der Waals surface area contributed by atoms with Gasteiger partial charge in [-0.25, -0.2) is 4.79 Å². The van der Waals surface area contributed by atoms with Gasteiger partial charge in [-0.05, 0) is 62.8 Å². The van der Waals surface area contributed by atoms with Crippen LogP contribution in [0.2, 0.25) is 0 Å². The fourth-order valence-electron chi connectivity index (χ4n) is 3.88. The Balaban J connectivity index is 0.000000662. The third-order valence-electron chi connectivity index (χ3n) is 6.07. The van der Waals surface area contributed by atoms with Crippen LogP contribution >= 0.6 is 0 Å². The standard InChI is InChI=1S/C24H35NO5.C4H6N2/c1-6-17-11-12-19(29-23(26)16(3)4)13-14-22(17)30-24(27)21(7-2)25-18-9-8-10-20(15-18)28-5;1-4-2-3-5-6-4/h7,11-12,14,16,18,20-21,25H,2,6,8-10,13,15H2,1,3-5H3;2-3H,1H3,(H,5,6). The zero-order valence-corrected chi connectivity index (χ0v) is 22.2. The Hall–Kier alpha value is -2.97. The van der Waals surface area contributed by atoms with Crippen molar-refractivity contribution in [3.05, 3.63) is 65.9 Å². The Labute approximate surface area is 214 Å². The van der Waals surface area contributed by atoms with Gasteiger partial charge in [0.15, 0.2) is 0 Å². The molecule has 0 aliphatic heterocycles. The Kier molecular flexibility index (Phi) is 12.4. The maximum absolute atomic E-state index is 12.8. The molecule has 1 saturated carbocycles. The molecule has 1 aromatic rings. The Morgan fingerprint density at radius 1 is 1.25 bits per heavy atom. The number of aryl methyl sites for hydroxylation is 1. The third kappa shape index (κ3) is 9.59. The second kappa shape index (κ2) is 15.2. The molecule has 36 heavy (non-hydrogen) atoms. The summed E-state index contributed by atoms with van der Waals surface area (Å²) in [5, 5.41) is 9.80. The van der Waals surface area contributed by atoms with Gasteiger partial charge in [-0.3, -0.25) is 15.2 Å². The molecule has 3 rings (SSSR count). The van der Waals surface area contributed by atoms with Crippen LogP contribution in [0.1, 0.15) is 65.0 Å². The molecule has 2 N–H and O–H groups in total. The number of hydrogen-bond acceptors (Lipinski definition) is 7. The van der Waals surface area contributed by atoms with E-state index in [0.29, 0.717) is 24.4 Å². The second-order valence-corrected chi connectivity index (χ2v) is 9.29. The third-order valence-corrected chi connectivity index (χ3v) is 6.07. The summed E-state index contributed by atoms with van der Waals surface area (Å²) in [5.74, 6) is 0.164. The number of esters is 2. The highest BCUT2D eigenvalue weighted by Crippen LogP contribution is 2.25. The van der Waals surface area contributed by atoms with Crippen LogP contribution in [0.15, 0.2) is 60.2 Å². The molecular weight excluding hydrogens is 458 g/mol. The summed E-state index contributed by atoms with van der Waals surface area (Å²) >= 11 is 0. The first-order valence-electron chi connectivity index (χ1n) is 12.7. The first kappa shape index (κ1) is 29.3. The van der Waals surface area contributed by atoms with E-state index in [1.807, 2.05) is 26.0 Å². The number of aromatic amines is 1. The van der Waals surface area contributed by atoms with Crippen LogP contribution in [0.4, 0.5) is 0 Å². The van der Waals surface area contributed by atoms with E-state index in [1.54, 1.807) is 45.4 Å². The van der Waals surface area contributed by atoms with Crippen molar-refractivity contribution < 1.29 is 23.8 Å². The molecule has 198 valence electrons. The van der Waals surface area contributed by atoms with Gasteiger partial charge < -0.3 is 14.2 Å². The number of nitrogens with zero attached hydrogens (tertiary/aromatic N) is 1. The van der Waals surface area contributed by atoms with Gasteiger partial charge in [0, 0.05) is 31.5 Å². The Bertz CT molecular complexity index is 946. The number of ether oxygens (including phenoxy) is 3. The lowest BCUT2D eigenvalue weighted by molar-refractivity contribution is -0.143. The lowest BCUT2D eigenvalue weighted by Crippen LogP contribution is -2.45. The molecule has 2 aliphatic carbocycles. The summed E-state index contributed by atoms with van der Waals surface area (Å²) in [5.41, 5.74) is 1.98. The first-order chi connectivity index (χ1) is 17.3. The van der Waals surface area contributed by atoms with E-state index in [-0.39, 0.29) is 24.0 Å². The topological polar surface area (TPSA) is 103 Å². The van der Waals surface area contributed by atoms with E-state index < -0.39 is 12.0 Å². The summed E-state index contributed by atoms with van der Waals surface area (Å²) in [6.45, 7) is 11.3. The van der Waals surface area contributed by atoms with E-state index in [2.05, 4.69) is 22.1 Å². The first-order valence-corrected chi connectivity index (χ1v) is 12.7. The predicted molar refractivity (Wildman–Crippen MR) is 140 cm³/mol. The number of methoxy groups -OCH3 is 1. The van der Waals surface area contributed by atoms with Crippen molar-refractivity contribution in [1.29, 1.82) is 0 Å². The normalized spacial score (nSPS) is 20.6. The summed E-state index contributed by atoms with van der Waals surface area (Å²) in [6, 6.07) is 1.51. The maximum Gasteiger partial charge on any atom is 0.332 e. The average Bonchev–Trinajstić information content (AvgIpc) is 3.28. The van der Waals surface area contributed by atoms with Crippen LogP contribution in [-0.2, 0) is 23.8 Å². The molecule has 8 heteroatoms. The zero-order valence-electron chi connectivity index (χ0n) is 22.2. The van der Waals surface area contributed by atoms with Crippen molar-refractivity contribution in [2.24, 2.45) is 5.92 Å². The van der Waals surface area contributed by atoms with E-state index in [1.165, 1.54) is 0 Å². The minimum atomic E-state index is -0.598. The van der Waals surface area contributed by atoms with Crippen LogP contribution in [0.5, 0.6) is 0 Å². The molecule has 1 aromatic heterocycles. The van der Waals surface area contributed by atoms with E-state index in [0.717, 1.165) is 37.0 Å². The summed E-state index contributed by atoms with van der Waals surface area (Å²) in [7, 11) is 1.73. The zero-order chi connectivity index (χ0) is 26.5. The SMILES string of the molecule is C=CC(NC1CCCC(OC)C1)C(=O)OC1=CCC(OC(=O)C(C)C)=CC=C1CC.Cc1ccn[nH]1. The quantitative estimate of drug-likeness (QED) is 0.362. The van der Waals surface area contributed by atoms with Gasteiger partial charge in [0.05, 0.1) is 12.0 Å². The van der Waals surface area contributed by atoms with Crippen LogP contribution in [0.3, 0.4) is 0 Å². The van der Waals surface area contributed by atoms with E-state index in [4.69, 9.17) is 14.2 Å². The largest absolute Gasteiger partial charge is 0.431 e. The number of nitrogens with one attached hydrogen (secondary N) is 2. The van der Waals surface area contributed by atoms with Gasteiger partial charge >= 0.3 is 11.9 Å². The number of carbonyl (C=O) groups is 2. The van der Waals surface area contributed by atoms with Crippen molar-refractivity contribution >= 4 is 11.9 Å². The number of carbonyl (C=O) groups excluding carboxylic acids is 2. The molecular formula is C28H41N3O5. The molecule has 0 aromatic carbocycles. The minimum Gasteiger partial charge on any atom is -0.431 e. The molecule has 0 saturated heterocycles. The van der Waals surface area contributed by atoms with Crippen molar-refractivity contribution in [3.63, 3.8) is 0 Å². The van der Waals surface area contributed by atoms with Gasteiger partial charge in [0.1, 0.15) is 17.6 Å². The maximum atomic E-state index is 12.8. The fraction of sp³-hybridized carbons (Fsp3) is 0.536. The number of H-pyrrole nitrogens is 1. The predicted octanol–water partition coefficient (Wildman–Crippen LogP) is 5.06. The molecule has 8 nitrogen and oxygen atoms in total. The van der Waals surface area contributed by atoms with Gasteiger partial charge in [0.2, 0.25) is 0 Å². The summed E-state index contributed by atoms with van der Waals surface area (Å²) < 4.78 is 16.6. The van der Waals surface area contributed by atoms with Crippen molar-refractivity contribution in [3.8, 4) is 0 Å². The summed E-state index contributed by atoms with van der Waals surface area (Å²) in [6.07, 6.45) is 14.0. The van der Waals surface area contributed by atoms with E-state index in [9.17, 15) is 9.59 Å². The highest BCUT2D eigenvalue weighted by molar-refractivity contribution is 5.79. The van der Waals surface area contributed by atoms with Gasteiger partial charge in [-0.15, -0.1) is 6.58 Å². The lowest BCUT2D eigenvalue weighted by Gasteiger charge is -2.30. The average molecular weight is 500 g/mol. The monoisotopic (exact) mass is 499 g/mol. The number of rotatable bonds is 9. The van der Waals surface area contributed by atoms with Crippen LogP contribution in [0, 0.1) is 12.8 Å². The van der Waals surface area contributed by atoms with Gasteiger partial charge in [0.25, 0.3) is 0 Å². The molecule has 2 aliphatic rings. The lowest BCUT2D eigenvalue weighted by atomic mass is 9.92. The van der Waals surface area contributed by atoms with Gasteiger partial charge in [-0.2, -0.15) is 5.10 Å². The molecule has 1 fully saturated rings. The molecule has 0 amide bonds. The van der Waals surface area contributed by atoms with Crippen LogP contribution in [-0.4, -0.2) is 47.4 Å². The highest BCUT2D eigenvalue weighted by Gasteiger charge is 2.27. The van der Waals surface area contributed by atoms with E-state index >= 15 is 0 Å². The Morgan fingerprint density at radius 2 is 2.03 bits per heavy atom.